The molecule has 0 atom stereocenters. The van der Waals surface area contributed by atoms with Crippen molar-refractivity contribution >= 4 is 10.0 Å². The Morgan fingerprint density at radius 3 is 2.75 bits per heavy atom. The molecule has 1 rings (SSSR count). The first-order chi connectivity index (χ1) is 7.47. The lowest BCUT2D eigenvalue weighted by Crippen LogP contribution is -2.26. The van der Waals surface area contributed by atoms with Crippen LogP contribution in [-0.2, 0) is 23.6 Å². The minimum atomic E-state index is -3.06. The summed E-state index contributed by atoms with van der Waals surface area (Å²) in [5.41, 5.74) is 0.874. The monoisotopic (exact) mass is 247 g/mol. The van der Waals surface area contributed by atoms with Crippen LogP contribution in [0.3, 0.4) is 0 Å². The van der Waals surface area contributed by atoms with Gasteiger partial charge in [0.25, 0.3) is 0 Å². The lowest BCUT2D eigenvalue weighted by atomic mass is 10.4. The zero-order valence-electron chi connectivity index (χ0n) is 9.47. The number of hydrogen-bond donors (Lipinski definition) is 2. The molecular weight excluding hydrogens is 230 g/mol. The standard InChI is InChI=1S/C8H17N5O2S/c1-13-7-8(11-12-13)6-9-4-3-5-10-16(2,14)15/h7,9-10H,3-6H2,1-2H3. The van der Waals surface area contributed by atoms with Crippen molar-refractivity contribution < 1.29 is 8.42 Å². The molecule has 7 nitrogen and oxygen atoms in total. The summed E-state index contributed by atoms with van der Waals surface area (Å²) in [7, 11) is -1.25. The molecule has 0 spiro atoms. The minimum absolute atomic E-state index is 0.451. The van der Waals surface area contributed by atoms with E-state index < -0.39 is 10.0 Å². The number of rotatable bonds is 7. The zero-order chi connectivity index (χ0) is 12.0. The Hall–Kier alpha value is -0.990. The van der Waals surface area contributed by atoms with Gasteiger partial charge in [-0.05, 0) is 13.0 Å². The Morgan fingerprint density at radius 2 is 2.19 bits per heavy atom. The highest BCUT2D eigenvalue weighted by atomic mass is 32.2. The van der Waals surface area contributed by atoms with Crippen LogP contribution in [0.15, 0.2) is 6.20 Å². The van der Waals surface area contributed by atoms with Gasteiger partial charge in [-0.2, -0.15) is 0 Å². The fourth-order valence-electron chi connectivity index (χ4n) is 1.16. The molecule has 0 saturated heterocycles. The van der Waals surface area contributed by atoms with Crippen LogP contribution in [0.25, 0.3) is 0 Å². The molecule has 1 heterocycles. The Kier molecular flexibility index (Phi) is 4.84. The fraction of sp³-hybridized carbons (Fsp3) is 0.750. The second-order valence-electron chi connectivity index (χ2n) is 3.58. The fourth-order valence-corrected chi connectivity index (χ4v) is 1.68. The molecule has 0 bridgehead atoms. The summed E-state index contributed by atoms with van der Waals surface area (Å²) < 4.78 is 25.5. The lowest BCUT2D eigenvalue weighted by molar-refractivity contribution is 0.578. The third-order valence-electron chi connectivity index (χ3n) is 1.85. The quantitative estimate of drug-likeness (QED) is 0.594. The maximum atomic E-state index is 10.7. The van der Waals surface area contributed by atoms with E-state index in [1.165, 1.54) is 0 Å². The highest BCUT2D eigenvalue weighted by molar-refractivity contribution is 7.88. The van der Waals surface area contributed by atoms with Crippen molar-refractivity contribution in [3.8, 4) is 0 Å². The predicted octanol–water partition coefficient (Wildman–Crippen LogP) is -1.16. The van der Waals surface area contributed by atoms with Crippen molar-refractivity contribution in [2.45, 2.75) is 13.0 Å². The molecule has 2 N–H and O–H groups in total. The van der Waals surface area contributed by atoms with Crippen LogP contribution in [0.1, 0.15) is 12.1 Å². The molecule has 0 saturated carbocycles. The summed E-state index contributed by atoms with van der Waals surface area (Å²) in [6, 6.07) is 0. The van der Waals surface area contributed by atoms with Crippen molar-refractivity contribution in [2.75, 3.05) is 19.3 Å². The van der Waals surface area contributed by atoms with Crippen molar-refractivity contribution in [1.82, 2.24) is 25.0 Å². The molecule has 0 aliphatic rings. The molecule has 8 heteroatoms. The molecule has 0 aliphatic heterocycles. The number of nitrogens with one attached hydrogen (secondary N) is 2. The van der Waals surface area contributed by atoms with Gasteiger partial charge >= 0.3 is 0 Å². The molecule has 92 valence electrons. The normalized spacial score (nSPS) is 11.9. The Balaban J connectivity index is 2.04. The van der Waals surface area contributed by atoms with E-state index in [0.717, 1.165) is 24.9 Å². The zero-order valence-corrected chi connectivity index (χ0v) is 10.3. The topological polar surface area (TPSA) is 88.9 Å². The van der Waals surface area contributed by atoms with Crippen LogP contribution in [0.2, 0.25) is 0 Å². The smallest absolute Gasteiger partial charge is 0.208 e. The first-order valence-electron chi connectivity index (χ1n) is 4.98. The molecule has 0 amide bonds. The highest BCUT2D eigenvalue weighted by Gasteiger charge is 1.99. The third kappa shape index (κ3) is 5.79. The average molecular weight is 247 g/mol. The number of sulfonamides is 1. The summed E-state index contributed by atoms with van der Waals surface area (Å²) in [6.07, 6.45) is 3.73. The first-order valence-corrected chi connectivity index (χ1v) is 6.87. The number of nitrogens with zero attached hydrogens (tertiary/aromatic N) is 3. The maximum absolute atomic E-state index is 10.7. The van der Waals surface area contributed by atoms with Gasteiger partial charge in [0.15, 0.2) is 0 Å². The van der Waals surface area contributed by atoms with Gasteiger partial charge in [-0.15, -0.1) is 5.10 Å². The Morgan fingerprint density at radius 1 is 1.44 bits per heavy atom. The predicted molar refractivity (Wildman–Crippen MR) is 60.2 cm³/mol. The van der Waals surface area contributed by atoms with Gasteiger partial charge in [0.1, 0.15) is 0 Å². The van der Waals surface area contributed by atoms with Gasteiger partial charge in [0, 0.05) is 26.3 Å². The molecule has 0 aliphatic carbocycles. The van der Waals surface area contributed by atoms with Gasteiger partial charge in [0.05, 0.1) is 11.9 Å². The summed E-state index contributed by atoms with van der Waals surface area (Å²) >= 11 is 0. The molecule has 0 unspecified atom stereocenters. The van der Waals surface area contributed by atoms with Crippen molar-refractivity contribution in [1.29, 1.82) is 0 Å². The van der Waals surface area contributed by atoms with Crippen molar-refractivity contribution in [2.24, 2.45) is 7.05 Å². The summed E-state index contributed by atoms with van der Waals surface area (Å²) in [6.45, 7) is 1.83. The molecule has 1 aromatic heterocycles. The van der Waals surface area contributed by atoms with Crippen LogP contribution in [0, 0.1) is 0 Å². The van der Waals surface area contributed by atoms with Gasteiger partial charge in [0.2, 0.25) is 10.0 Å². The molecule has 0 aromatic carbocycles. The van der Waals surface area contributed by atoms with Crippen LogP contribution < -0.4 is 10.0 Å². The van der Waals surface area contributed by atoms with E-state index >= 15 is 0 Å². The third-order valence-corrected chi connectivity index (χ3v) is 2.58. The second-order valence-corrected chi connectivity index (χ2v) is 5.41. The summed E-state index contributed by atoms with van der Waals surface area (Å²) in [4.78, 5) is 0. The van der Waals surface area contributed by atoms with Gasteiger partial charge in [-0.25, -0.2) is 13.1 Å². The number of aromatic nitrogens is 3. The van der Waals surface area contributed by atoms with E-state index in [2.05, 4.69) is 20.4 Å². The van der Waals surface area contributed by atoms with E-state index in [0.29, 0.717) is 13.1 Å². The van der Waals surface area contributed by atoms with Gasteiger partial charge in [-0.1, -0.05) is 5.21 Å². The van der Waals surface area contributed by atoms with Crippen LogP contribution in [0.5, 0.6) is 0 Å². The molecule has 0 fully saturated rings. The van der Waals surface area contributed by atoms with E-state index in [1.807, 2.05) is 13.2 Å². The highest BCUT2D eigenvalue weighted by Crippen LogP contribution is 1.89. The Bertz CT molecular complexity index is 414. The first kappa shape index (κ1) is 13.1. The average Bonchev–Trinajstić information content (AvgIpc) is 2.56. The SMILES string of the molecule is Cn1cc(CNCCCNS(C)(=O)=O)nn1. The van der Waals surface area contributed by atoms with Crippen molar-refractivity contribution in [3.63, 3.8) is 0 Å². The second kappa shape index (κ2) is 5.92. The van der Waals surface area contributed by atoms with E-state index in [9.17, 15) is 8.42 Å². The van der Waals surface area contributed by atoms with Crippen molar-refractivity contribution in [3.05, 3.63) is 11.9 Å². The summed E-state index contributed by atoms with van der Waals surface area (Å²) in [5, 5.41) is 10.9. The minimum Gasteiger partial charge on any atom is -0.311 e. The van der Waals surface area contributed by atoms with Crippen LogP contribution in [-0.4, -0.2) is 42.8 Å². The molecule has 0 radical (unpaired) electrons. The largest absolute Gasteiger partial charge is 0.311 e. The van der Waals surface area contributed by atoms with E-state index in [1.54, 1.807) is 4.68 Å². The number of hydrogen-bond acceptors (Lipinski definition) is 5. The lowest BCUT2D eigenvalue weighted by Gasteiger charge is -2.03. The maximum Gasteiger partial charge on any atom is 0.208 e. The number of aryl methyl sites for hydroxylation is 1. The molecule has 16 heavy (non-hydrogen) atoms. The van der Waals surface area contributed by atoms with E-state index in [-0.39, 0.29) is 0 Å². The summed E-state index contributed by atoms with van der Waals surface area (Å²) in [5.74, 6) is 0. The van der Waals surface area contributed by atoms with E-state index in [4.69, 9.17) is 0 Å². The van der Waals surface area contributed by atoms with Crippen LogP contribution >= 0.6 is 0 Å². The molecular formula is C8H17N5O2S. The van der Waals surface area contributed by atoms with Crippen LogP contribution in [0.4, 0.5) is 0 Å². The Labute approximate surface area is 95.3 Å². The molecule has 1 aromatic rings. The van der Waals surface area contributed by atoms with Gasteiger partial charge in [-0.3, -0.25) is 4.68 Å². The van der Waals surface area contributed by atoms with Gasteiger partial charge < -0.3 is 5.32 Å².